The van der Waals surface area contributed by atoms with E-state index in [1.165, 1.54) is 12.1 Å². The molecule has 1 aromatic rings. The van der Waals surface area contributed by atoms with Crippen molar-refractivity contribution in [3.05, 3.63) is 34.6 Å². The molecule has 1 aliphatic carbocycles. The number of hydrogen-bond donors (Lipinski definition) is 0. The number of carbonyl (C=O) groups is 1. The molecule has 0 bridgehead atoms. The van der Waals surface area contributed by atoms with Crippen molar-refractivity contribution >= 4 is 17.4 Å². The minimum absolute atomic E-state index is 0.0872. The van der Waals surface area contributed by atoms with Gasteiger partial charge in [-0.1, -0.05) is 24.6 Å². The Hall–Kier alpha value is -0.890. The van der Waals surface area contributed by atoms with E-state index in [2.05, 4.69) is 6.92 Å². The Labute approximate surface area is 93.2 Å². The Morgan fingerprint density at radius 1 is 1.60 bits per heavy atom. The standard InChI is InChI=1S/C12H12ClFO/c1-7-4-9(7)12(15)6-8-2-3-11(14)10(13)5-8/h2-3,5,7,9H,4,6H2,1H3. The number of ketones is 1. The molecule has 0 spiro atoms. The average Bonchev–Trinajstić information content (AvgIpc) is 2.89. The highest BCUT2D eigenvalue weighted by molar-refractivity contribution is 6.30. The predicted octanol–water partition coefficient (Wildman–Crippen LogP) is 3.25. The molecule has 0 N–H and O–H groups in total. The topological polar surface area (TPSA) is 17.1 Å². The van der Waals surface area contributed by atoms with Crippen molar-refractivity contribution in [2.75, 3.05) is 0 Å². The zero-order chi connectivity index (χ0) is 11.0. The second-order valence-corrected chi connectivity index (χ2v) is 4.62. The zero-order valence-corrected chi connectivity index (χ0v) is 9.22. The van der Waals surface area contributed by atoms with Gasteiger partial charge in [-0.2, -0.15) is 0 Å². The average molecular weight is 227 g/mol. The SMILES string of the molecule is CC1CC1C(=O)Cc1ccc(F)c(Cl)c1. The highest BCUT2D eigenvalue weighted by atomic mass is 35.5. The fourth-order valence-corrected chi connectivity index (χ4v) is 1.96. The first kappa shape index (κ1) is 10.6. The fourth-order valence-electron chi connectivity index (χ4n) is 1.75. The summed E-state index contributed by atoms with van der Waals surface area (Å²) in [7, 11) is 0. The maximum absolute atomic E-state index is 12.9. The van der Waals surface area contributed by atoms with Crippen molar-refractivity contribution in [3.8, 4) is 0 Å². The van der Waals surface area contributed by atoms with Crippen LogP contribution in [0.3, 0.4) is 0 Å². The Bertz CT molecular complexity index is 403. The summed E-state index contributed by atoms with van der Waals surface area (Å²) in [5, 5.41) is 0.0872. The Morgan fingerprint density at radius 3 is 2.80 bits per heavy atom. The van der Waals surface area contributed by atoms with Crippen molar-refractivity contribution in [1.29, 1.82) is 0 Å². The largest absolute Gasteiger partial charge is 0.299 e. The molecule has 1 aliphatic rings. The monoisotopic (exact) mass is 226 g/mol. The zero-order valence-electron chi connectivity index (χ0n) is 8.47. The van der Waals surface area contributed by atoms with E-state index in [0.29, 0.717) is 12.3 Å². The van der Waals surface area contributed by atoms with Crippen LogP contribution in [0, 0.1) is 17.7 Å². The van der Waals surface area contributed by atoms with Gasteiger partial charge in [-0.05, 0) is 30.0 Å². The van der Waals surface area contributed by atoms with Crippen molar-refractivity contribution in [3.63, 3.8) is 0 Å². The number of Topliss-reactive ketones (excluding diaryl/α,β-unsaturated/α-hetero) is 1. The van der Waals surface area contributed by atoms with Crippen LogP contribution in [0.15, 0.2) is 18.2 Å². The van der Waals surface area contributed by atoms with Crippen molar-refractivity contribution in [1.82, 2.24) is 0 Å². The summed E-state index contributed by atoms with van der Waals surface area (Å²) in [6, 6.07) is 4.45. The van der Waals surface area contributed by atoms with Crippen LogP contribution in [0.2, 0.25) is 5.02 Å². The summed E-state index contributed by atoms with van der Waals surface area (Å²) in [6.07, 6.45) is 1.36. The van der Waals surface area contributed by atoms with Crippen molar-refractivity contribution in [2.24, 2.45) is 11.8 Å². The van der Waals surface area contributed by atoms with Gasteiger partial charge in [-0.3, -0.25) is 4.79 Å². The third-order valence-corrected chi connectivity index (χ3v) is 3.18. The van der Waals surface area contributed by atoms with E-state index in [-0.39, 0.29) is 16.7 Å². The Kier molecular flexibility index (Phi) is 2.79. The molecule has 0 radical (unpaired) electrons. The summed E-state index contributed by atoms with van der Waals surface area (Å²) >= 11 is 5.63. The van der Waals surface area contributed by atoms with Gasteiger partial charge in [0.15, 0.2) is 0 Å². The minimum Gasteiger partial charge on any atom is -0.299 e. The molecule has 1 saturated carbocycles. The first-order valence-electron chi connectivity index (χ1n) is 5.04. The highest BCUT2D eigenvalue weighted by Crippen LogP contribution is 2.39. The Balaban J connectivity index is 2.04. The van der Waals surface area contributed by atoms with Gasteiger partial charge in [0.1, 0.15) is 11.6 Å². The van der Waals surface area contributed by atoms with Crippen LogP contribution < -0.4 is 0 Å². The van der Waals surface area contributed by atoms with Crippen LogP contribution in [-0.2, 0) is 11.2 Å². The molecule has 0 aromatic heterocycles. The van der Waals surface area contributed by atoms with Crippen LogP contribution in [0.5, 0.6) is 0 Å². The van der Waals surface area contributed by atoms with E-state index >= 15 is 0 Å². The number of hydrogen-bond acceptors (Lipinski definition) is 1. The molecule has 1 nitrogen and oxygen atoms in total. The number of benzene rings is 1. The minimum atomic E-state index is -0.437. The molecule has 15 heavy (non-hydrogen) atoms. The summed E-state index contributed by atoms with van der Waals surface area (Å²) in [5.41, 5.74) is 0.797. The van der Waals surface area contributed by atoms with Gasteiger partial charge in [0.25, 0.3) is 0 Å². The van der Waals surface area contributed by atoms with Gasteiger partial charge in [-0.15, -0.1) is 0 Å². The predicted molar refractivity (Wildman–Crippen MR) is 57.4 cm³/mol. The first-order chi connectivity index (χ1) is 7.08. The molecule has 0 saturated heterocycles. The molecule has 0 amide bonds. The lowest BCUT2D eigenvalue weighted by Crippen LogP contribution is -2.06. The molecule has 1 fully saturated rings. The van der Waals surface area contributed by atoms with E-state index in [9.17, 15) is 9.18 Å². The molecule has 80 valence electrons. The number of carbonyl (C=O) groups excluding carboxylic acids is 1. The van der Waals surface area contributed by atoms with Crippen LogP contribution in [0.25, 0.3) is 0 Å². The third kappa shape index (κ3) is 2.37. The smallest absolute Gasteiger partial charge is 0.141 e. The van der Waals surface area contributed by atoms with Gasteiger partial charge in [0.2, 0.25) is 0 Å². The fraction of sp³-hybridized carbons (Fsp3) is 0.417. The van der Waals surface area contributed by atoms with Gasteiger partial charge in [0.05, 0.1) is 5.02 Å². The lowest BCUT2D eigenvalue weighted by Gasteiger charge is -2.01. The molecule has 1 aromatic carbocycles. The molecular weight excluding hydrogens is 215 g/mol. The number of rotatable bonds is 3. The molecule has 3 heteroatoms. The molecular formula is C12H12ClFO. The molecule has 0 aliphatic heterocycles. The lowest BCUT2D eigenvalue weighted by molar-refractivity contribution is -0.119. The maximum Gasteiger partial charge on any atom is 0.141 e. The van der Waals surface area contributed by atoms with E-state index in [4.69, 9.17) is 11.6 Å². The molecule has 2 atom stereocenters. The maximum atomic E-state index is 12.9. The van der Waals surface area contributed by atoms with E-state index < -0.39 is 5.82 Å². The van der Waals surface area contributed by atoms with Gasteiger partial charge in [-0.25, -0.2) is 4.39 Å². The van der Waals surface area contributed by atoms with Crippen molar-refractivity contribution < 1.29 is 9.18 Å². The van der Waals surface area contributed by atoms with E-state index in [1.54, 1.807) is 6.07 Å². The molecule has 2 unspecified atom stereocenters. The molecule has 2 rings (SSSR count). The van der Waals surface area contributed by atoms with E-state index in [0.717, 1.165) is 12.0 Å². The highest BCUT2D eigenvalue weighted by Gasteiger charge is 2.38. The van der Waals surface area contributed by atoms with Crippen LogP contribution in [0.1, 0.15) is 18.9 Å². The quantitative estimate of drug-likeness (QED) is 0.773. The van der Waals surface area contributed by atoms with Crippen molar-refractivity contribution in [2.45, 2.75) is 19.8 Å². The lowest BCUT2D eigenvalue weighted by atomic mass is 10.1. The molecule has 0 heterocycles. The normalized spacial score (nSPS) is 23.9. The first-order valence-corrected chi connectivity index (χ1v) is 5.42. The van der Waals surface area contributed by atoms with Crippen LogP contribution >= 0.6 is 11.6 Å². The summed E-state index contributed by atoms with van der Waals surface area (Å²) < 4.78 is 12.9. The van der Waals surface area contributed by atoms with Gasteiger partial charge < -0.3 is 0 Å². The second kappa shape index (κ2) is 3.93. The van der Waals surface area contributed by atoms with Crippen LogP contribution in [-0.4, -0.2) is 5.78 Å². The summed E-state index contributed by atoms with van der Waals surface area (Å²) in [5.74, 6) is 0.542. The number of halogens is 2. The summed E-state index contributed by atoms with van der Waals surface area (Å²) in [4.78, 5) is 11.6. The van der Waals surface area contributed by atoms with Gasteiger partial charge >= 0.3 is 0 Å². The van der Waals surface area contributed by atoms with E-state index in [1.807, 2.05) is 0 Å². The van der Waals surface area contributed by atoms with Crippen LogP contribution in [0.4, 0.5) is 4.39 Å². The van der Waals surface area contributed by atoms with Gasteiger partial charge in [0, 0.05) is 12.3 Å². The second-order valence-electron chi connectivity index (χ2n) is 4.21. The third-order valence-electron chi connectivity index (χ3n) is 2.89. The Morgan fingerprint density at radius 2 is 2.27 bits per heavy atom. The summed E-state index contributed by atoms with van der Waals surface area (Å²) in [6.45, 7) is 2.07.